The third-order valence-electron chi connectivity index (χ3n) is 1.83. The maximum Gasteiger partial charge on any atom is 0.108 e. The first-order valence-corrected chi connectivity index (χ1v) is 4.44. The van der Waals surface area contributed by atoms with Gasteiger partial charge in [0.25, 0.3) is 0 Å². The summed E-state index contributed by atoms with van der Waals surface area (Å²) >= 11 is 0. The van der Waals surface area contributed by atoms with E-state index in [9.17, 15) is 0 Å². The van der Waals surface area contributed by atoms with Crippen molar-refractivity contribution in [3.05, 3.63) is 11.4 Å². The molecule has 1 atom stereocenters. The first-order chi connectivity index (χ1) is 6.24. The Morgan fingerprint density at radius 2 is 2.54 bits per heavy atom. The largest absolute Gasteiger partial charge is 0.383 e. The summed E-state index contributed by atoms with van der Waals surface area (Å²) in [6.45, 7) is 5.46. The minimum Gasteiger partial charge on any atom is -0.383 e. The molecule has 4 nitrogen and oxygen atoms in total. The third kappa shape index (κ3) is 3.06. The Labute approximate surface area is 79.1 Å². The predicted octanol–water partition coefficient (Wildman–Crippen LogP) is 0.474. The van der Waals surface area contributed by atoms with Crippen molar-refractivity contribution in [1.82, 2.24) is 10.6 Å². The molecule has 13 heavy (non-hydrogen) atoms. The van der Waals surface area contributed by atoms with Crippen LogP contribution in [0.3, 0.4) is 0 Å². The van der Waals surface area contributed by atoms with Crippen LogP contribution in [0.25, 0.3) is 0 Å². The van der Waals surface area contributed by atoms with Crippen LogP contribution in [-0.2, 0) is 4.74 Å². The van der Waals surface area contributed by atoms with Crippen LogP contribution in [0.5, 0.6) is 0 Å². The van der Waals surface area contributed by atoms with Crippen LogP contribution in [0.2, 0.25) is 0 Å². The molecule has 0 aromatic carbocycles. The van der Waals surface area contributed by atoms with E-state index < -0.39 is 0 Å². The molecule has 0 amide bonds. The number of rotatable bonds is 4. The van der Waals surface area contributed by atoms with Crippen LogP contribution in [-0.4, -0.2) is 32.6 Å². The SMILES string of the molecule is COC[C@@H](C)NC1=C(C)C=NCN1. The number of nitrogens with zero attached hydrogens (tertiary/aromatic N) is 1. The average Bonchev–Trinajstić information content (AvgIpc) is 2.09. The second-order valence-corrected chi connectivity index (χ2v) is 3.21. The minimum atomic E-state index is 0.314. The number of methoxy groups -OCH3 is 1. The summed E-state index contributed by atoms with van der Waals surface area (Å²) in [7, 11) is 1.70. The van der Waals surface area contributed by atoms with E-state index in [-0.39, 0.29) is 0 Å². The molecule has 0 unspecified atom stereocenters. The predicted molar refractivity (Wildman–Crippen MR) is 53.7 cm³/mol. The van der Waals surface area contributed by atoms with Crippen molar-refractivity contribution in [1.29, 1.82) is 0 Å². The van der Waals surface area contributed by atoms with Crippen LogP contribution in [0, 0.1) is 0 Å². The van der Waals surface area contributed by atoms with E-state index in [2.05, 4.69) is 22.5 Å². The first-order valence-electron chi connectivity index (χ1n) is 4.44. The summed E-state index contributed by atoms with van der Waals surface area (Å²) in [4.78, 5) is 4.10. The molecule has 0 fully saturated rings. The maximum absolute atomic E-state index is 5.03. The van der Waals surface area contributed by atoms with E-state index in [0.29, 0.717) is 19.3 Å². The molecule has 2 N–H and O–H groups in total. The Hall–Kier alpha value is -1.03. The fourth-order valence-corrected chi connectivity index (χ4v) is 1.21. The van der Waals surface area contributed by atoms with Crippen molar-refractivity contribution in [2.75, 3.05) is 20.4 Å². The van der Waals surface area contributed by atoms with Crippen LogP contribution in [0.1, 0.15) is 13.8 Å². The quantitative estimate of drug-likeness (QED) is 0.666. The van der Waals surface area contributed by atoms with Gasteiger partial charge in [-0.15, -0.1) is 0 Å². The lowest BCUT2D eigenvalue weighted by Gasteiger charge is -2.21. The van der Waals surface area contributed by atoms with Gasteiger partial charge in [-0.25, -0.2) is 0 Å². The van der Waals surface area contributed by atoms with Gasteiger partial charge in [0, 0.05) is 24.9 Å². The topological polar surface area (TPSA) is 45.6 Å². The van der Waals surface area contributed by atoms with Crippen LogP contribution < -0.4 is 10.6 Å². The van der Waals surface area contributed by atoms with Gasteiger partial charge < -0.3 is 15.4 Å². The van der Waals surface area contributed by atoms with Crippen molar-refractivity contribution in [3.8, 4) is 0 Å². The monoisotopic (exact) mass is 183 g/mol. The lowest BCUT2D eigenvalue weighted by atomic mass is 10.2. The fraction of sp³-hybridized carbons (Fsp3) is 0.667. The van der Waals surface area contributed by atoms with Crippen LogP contribution in [0.4, 0.5) is 0 Å². The summed E-state index contributed by atoms with van der Waals surface area (Å²) in [6, 6.07) is 0.314. The summed E-state index contributed by atoms with van der Waals surface area (Å²) in [6.07, 6.45) is 1.87. The van der Waals surface area contributed by atoms with Crippen molar-refractivity contribution < 1.29 is 4.74 Å². The minimum absolute atomic E-state index is 0.314. The molecule has 1 aliphatic rings. The number of allylic oxidation sites excluding steroid dienone is 1. The van der Waals surface area contributed by atoms with E-state index in [0.717, 1.165) is 11.4 Å². The average molecular weight is 183 g/mol. The van der Waals surface area contributed by atoms with E-state index in [1.54, 1.807) is 7.11 Å². The molecular weight excluding hydrogens is 166 g/mol. The highest BCUT2D eigenvalue weighted by molar-refractivity contribution is 5.79. The molecule has 0 radical (unpaired) electrons. The molecule has 4 heteroatoms. The molecule has 0 aromatic rings. The highest BCUT2D eigenvalue weighted by Crippen LogP contribution is 2.00. The molecule has 1 aliphatic heterocycles. The van der Waals surface area contributed by atoms with Crippen molar-refractivity contribution >= 4 is 6.21 Å². The Balaban J connectivity index is 2.47. The number of hydrogen-bond acceptors (Lipinski definition) is 4. The molecule has 0 saturated carbocycles. The molecule has 0 spiro atoms. The van der Waals surface area contributed by atoms with Gasteiger partial charge in [-0.2, -0.15) is 0 Å². The second-order valence-electron chi connectivity index (χ2n) is 3.21. The van der Waals surface area contributed by atoms with E-state index in [4.69, 9.17) is 4.74 Å². The highest BCUT2D eigenvalue weighted by Gasteiger charge is 2.07. The Morgan fingerprint density at radius 3 is 3.15 bits per heavy atom. The second kappa shape index (κ2) is 4.87. The molecule has 0 aliphatic carbocycles. The van der Waals surface area contributed by atoms with Crippen molar-refractivity contribution in [2.45, 2.75) is 19.9 Å². The summed E-state index contributed by atoms with van der Waals surface area (Å²) < 4.78 is 5.03. The molecule has 1 rings (SSSR count). The zero-order valence-electron chi connectivity index (χ0n) is 8.42. The van der Waals surface area contributed by atoms with Crippen LogP contribution >= 0.6 is 0 Å². The van der Waals surface area contributed by atoms with E-state index in [1.807, 2.05) is 13.1 Å². The fourth-order valence-electron chi connectivity index (χ4n) is 1.21. The number of nitrogens with one attached hydrogen (secondary N) is 2. The summed E-state index contributed by atoms with van der Waals surface area (Å²) in [5.74, 6) is 1.06. The Bertz CT molecular complexity index is 223. The number of hydrogen-bond donors (Lipinski definition) is 2. The third-order valence-corrected chi connectivity index (χ3v) is 1.83. The zero-order valence-corrected chi connectivity index (χ0v) is 8.42. The molecular formula is C9H17N3O. The smallest absolute Gasteiger partial charge is 0.108 e. The summed E-state index contributed by atoms with van der Waals surface area (Å²) in [5, 5.41) is 6.49. The molecule has 0 aromatic heterocycles. The van der Waals surface area contributed by atoms with E-state index >= 15 is 0 Å². The van der Waals surface area contributed by atoms with E-state index in [1.165, 1.54) is 0 Å². The number of aliphatic imine (C=N–C) groups is 1. The molecule has 0 bridgehead atoms. The van der Waals surface area contributed by atoms with Crippen molar-refractivity contribution in [2.24, 2.45) is 4.99 Å². The Morgan fingerprint density at radius 1 is 1.77 bits per heavy atom. The van der Waals surface area contributed by atoms with Gasteiger partial charge in [-0.3, -0.25) is 4.99 Å². The van der Waals surface area contributed by atoms with Crippen LogP contribution in [0.15, 0.2) is 16.4 Å². The molecule has 74 valence electrons. The lowest BCUT2D eigenvalue weighted by Crippen LogP contribution is -2.38. The normalized spacial score (nSPS) is 18.4. The van der Waals surface area contributed by atoms with Gasteiger partial charge >= 0.3 is 0 Å². The van der Waals surface area contributed by atoms with Gasteiger partial charge in [0.1, 0.15) is 12.5 Å². The maximum atomic E-state index is 5.03. The van der Waals surface area contributed by atoms with Gasteiger partial charge in [0.2, 0.25) is 0 Å². The molecule has 0 saturated heterocycles. The summed E-state index contributed by atoms with van der Waals surface area (Å²) in [5.41, 5.74) is 1.13. The number of ether oxygens (including phenoxy) is 1. The lowest BCUT2D eigenvalue weighted by molar-refractivity contribution is 0.175. The van der Waals surface area contributed by atoms with Crippen molar-refractivity contribution in [3.63, 3.8) is 0 Å². The molecule has 1 heterocycles. The first kappa shape index (κ1) is 10.1. The van der Waals surface area contributed by atoms with Gasteiger partial charge in [0.15, 0.2) is 0 Å². The van der Waals surface area contributed by atoms with Gasteiger partial charge in [-0.1, -0.05) is 0 Å². The standard InChI is InChI=1S/C9H17N3O/c1-7-4-10-6-11-9(7)12-8(2)5-13-3/h4,8,11-12H,5-6H2,1-3H3/t8-/m1/s1. The van der Waals surface area contributed by atoms with Gasteiger partial charge in [-0.05, 0) is 13.8 Å². The highest BCUT2D eigenvalue weighted by atomic mass is 16.5. The van der Waals surface area contributed by atoms with Gasteiger partial charge in [0.05, 0.1) is 6.61 Å². The Kier molecular flexibility index (Phi) is 3.76. The zero-order chi connectivity index (χ0) is 9.68.